The van der Waals surface area contributed by atoms with Crippen molar-refractivity contribution in [2.45, 2.75) is 68.7 Å². The van der Waals surface area contributed by atoms with E-state index in [-0.39, 0.29) is 4.90 Å². The Kier molecular flexibility index (Phi) is 5.85. The van der Waals surface area contributed by atoms with Gasteiger partial charge in [0, 0.05) is 17.8 Å². The summed E-state index contributed by atoms with van der Waals surface area (Å²) in [6, 6.07) is 3.23. The molecule has 0 radical (unpaired) electrons. The monoisotopic (exact) mass is 299 g/mol. The van der Waals surface area contributed by atoms with Crippen molar-refractivity contribution in [3.63, 3.8) is 0 Å². The van der Waals surface area contributed by atoms with Crippen LogP contribution >= 0.6 is 11.8 Å². The molecule has 1 aromatic carbocycles. The van der Waals surface area contributed by atoms with Crippen LogP contribution in [0.3, 0.4) is 0 Å². The van der Waals surface area contributed by atoms with E-state index in [1.165, 1.54) is 43.2 Å². The fourth-order valence-corrected chi connectivity index (χ4v) is 3.74. The molecule has 112 valence electrons. The first-order valence-corrected chi connectivity index (χ1v) is 8.32. The molecule has 0 unspecified atom stereocenters. The van der Waals surface area contributed by atoms with E-state index < -0.39 is 11.6 Å². The number of hydrogen-bond donors (Lipinski definition) is 1. The van der Waals surface area contributed by atoms with E-state index in [2.05, 4.69) is 5.32 Å². The third kappa shape index (κ3) is 4.45. The van der Waals surface area contributed by atoms with Gasteiger partial charge in [-0.3, -0.25) is 0 Å². The lowest BCUT2D eigenvalue weighted by Crippen LogP contribution is -2.22. The lowest BCUT2D eigenvalue weighted by atomic mass is 10.0. The lowest BCUT2D eigenvalue weighted by Gasteiger charge is -2.21. The van der Waals surface area contributed by atoms with Crippen molar-refractivity contribution in [2.75, 3.05) is 0 Å². The number of nitrogens with one attached hydrogen (secondary N) is 1. The standard InChI is InChI=1S/C16H23F2NS/c1-11(2)19-10-12-8-14(17)16(15(18)9-12)20-13-6-4-3-5-7-13/h8-9,11,13,19H,3-7,10H2,1-2H3. The van der Waals surface area contributed by atoms with Crippen LogP contribution in [-0.2, 0) is 6.54 Å². The lowest BCUT2D eigenvalue weighted by molar-refractivity contribution is 0.507. The van der Waals surface area contributed by atoms with Gasteiger partial charge in [0.15, 0.2) is 0 Å². The predicted octanol–water partition coefficient (Wildman–Crippen LogP) is 4.89. The Morgan fingerprint density at radius 3 is 2.30 bits per heavy atom. The maximum Gasteiger partial charge on any atom is 0.140 e. The second-order valence-corrected chi connectivity index (χ2v) is 7.11. The molecule has 4 heteroatoms. The van der Waals surface area contributed by atoms with E-state index in [4.69, 9.17) is 0 Å². The van der Waals surface area contributed by atoms with Crippen LogP contribution in [0.2, 0.25) is 0 Å². The molecule has 1 nitrogen and oxygen atoms in total. The van der Waals surface area contributed by atoms with Gasteiger partial charge in [0.2, 0.25) is 0 Å². The van der Waals surface area contributed by atoms with E-state index in [0.29, 0.717) is 23.4 Å². The number of thioether (sulfide) groups is 1. The highest BCUT2D eigenvalue weighted by atomic mass is 32.2. The molecule has 0 saturated heterocycles. The van der Waals surface area contributed by atoms with Crippen LogP contribution in [0.1, 0.15) is 51.5 Å². The van der Waals surface area contributed by atoms with Crippen LogP contribution < -0.4 is 5.32 Å². The van der Waals surface area contributed by atoms with Crippen molar-refractivity contribution in [3.05, 3.63) is 29.3 Å². The van der Waals surface area contributed by atoms with E-state index in [1.54, 1.807) is 0 Å². The minimum atomic E-state index is -0.416. The Balaban J connectivity index is 2.05. The quantitative estimate of drug-likeness (QED) is 0.831. The van der Waals surface area contributed by atoms with Crippen LogP contribution in [0.15, 0.2) is 17.0 Å². The Morgan fingerprint density at radius 1 is 1.15 bits per heavy atom. The zero-order chi connectivity index (χ0) is 14.5. The molecule has 0 heterocycles. The first-order valence-electron chi connectivity index (χ1n) is 7.44. The maximum absolute atomic E-state index is 14.1. The van der Waals surface area contributed by atoms with Gasteiger partial charge in [-0.1, -0.05) is 33.1 Å². The molecule has 1 aromatic rings. The largest absolute Gasteiger partial charge is 0.310 e. The molecule has 1 fully saturated rings. The van der Waals surface area contributed by atoms with Crippen LogP contribution in [0.25, 0.3) is 0 Å². The summed E-state index contributed by atoms with van der Waals surface area (Å²) < 4.78 is 28.2. The Hall–Kier alpha value is -0.610. The van der Waals surface area contributed by atoms with Gasteiger partial charge in [0.1, 0.15) is 11.6 Å². The second kappa shape index (κ2) is 7.41. The van der Waals surface area contributed by atoms with Crippen molar-refractivity contribution in [1.82, 2.24) is 5.32 Å². The van der Waals surface area contributed by atoms with Gasteiger partial charge in [0.25, 0.3) is 0 Å². The second-order valence-electron chi connectivity index (χ2n) is 5.80. The summed E-state index contributed by atoms with van der Waals surface area (Å²) in [5.74, 6) is -0.831. The zero-order valence-corrected chi connectivity index (χ0v) is 13.0. The molecule has 1 N–H and O–H groups in total. The van der Waals surface area contributed by atoms with Crippen LogP contribution in [-0.4, -0.2) is 11.3 Å². The molecule has 2 rings (SSSR count). The zero-order valence-electron chi connectivity index (χ0n) is 12.2. The molecule has 20 heavy (non-hydrogen) atoms. The third-order valence-corrected chi connectivity index (χ3v) is 5.04. The molecular weight excluding hydrogens is 276 g/mol. The first kappa shape index (κ1) is 15.8. The van der Waals surface area contributed by atoms with Crippen molar-refractivity contribution >= 4 is 11.8 Å². The highest BCUT2D eigenvalue weighted by molar-refractivity contribution is 8.00. The van der Waals surface area contributed by atoms with E-state index in [1.807, 2.05) is 13.8 Å². The average Bonchev–Trinajstić information content (AvgIpc) is 2.42. The van der Waals surface area contributed by atoms with Crippen molar-refractivity contribution in [3.8, 4) is 0 Å². The molecule has 0 amide bonds. The first-order chi connectivity index (χ1) is 9.56. The average molecular weight is 299 g/mol. The number of benzene rings is 1. The Bertz CT molecular complexity index is 419. The molecule has 0 spiro atoms. The number of halogens is 2. The molecule has 0 bridgehead atoms. The van der Waals surface area contributed by atoms with Crippen LogP contribution in [0.5, 0.6) is 0 Å². The minimum Gasteiger partial charge on any atom is -0.310 e. The number of rotatable bonds is 5. The molecule has 1 aliphatic rings. The van der Waals surface area contributed by atoms with Gasteiger partial charge in [-0.25, -0.2) is 8.78 Å². The molecule has 1 aliphatic carbocycles. The predicted molar refractivity (Wildman–Crippen MR) is 81.1 cm³/mol. The summed E-state index contributed by atoms with van der Waals surface area (Å²) in [4.78, 5) is 0.199. The fourth-order valence-electron chi connectivity index (χ4n) is 2.50. The number of hydrogen-bond acceptors (Lipinski definition) is 2. The van der Waals surface area contributed by atoms with Gasteiger partial charge >= 0.3 is 0 Å². The topological polar surface area (TPSA) is 12.0 Å². The summed E-state index contributed by atoms with van der Waals surface area (Å²) in [5, 5.41) is 3.54. The molecule has 0 atom stereocenters. The van der Waals surface area contributed by atoms with Gasteiger partial charge in [-0.15, -0.1) is 11.8 Å². The van der Waals surface area contributed by atoms with Gasteiger partial charge < -0.3 is 5.32 Å². The summed E-state index contributed by atoms with van der Waals surface area (Å²) >= 11 is 1.38. The van der Waals surface area contributed by atoms with Gasteiger partial charge in [-0.2, -0.15) is 0 Å². The highest BCUT2D eigenvalue weighted by Crippen LogP contribution is 2.36. The fraction of sp³-hybridized carbons (Fsp3) is 0.625. The SMILES string of the molecule is CC(C)NCc1cc(F)c(SC2CCCCC2)c(F)c1. The van der Waals surface area contributed by atoms with E-state index >= 15 is 0 Å². The summed E-state index contributed by atoms with van der Waals surface area (Å²) in [6.45, 7) is 4.53. The van der Waals surface area contributed by atoms with Crippen molar-refractivity contribution in [2.24, 2.45) is 0 Å². The van der Waals surface area contributed by atoms with Gasteiger partial charge in [-0.05, 0) is 30.5 Å². The molecule has 1 saturated carbocycles. The smallest absolute Gasteiger partial charge is 0.140 e. The molecule has 0 aromatic heterocycles. The van der Waals surface area contributed by atoms with Gasteiger partial charge in [0.05, 0.1) is 4.90 Å². The third-order valence-electron chi connectivity index (χ3n) is 3.61. The van der Waals surface area contributed by atoms with Crippen LogP contribution in [0, 0.1) is 11.6 Å². The van der Waals surface area contributed by atoms with Crippen LogP contribution in [0.4, 0.5) is 8.78 Å². The summed E-state index contributed by atoms with van der Waals surface area (Å²) in [6.07, 6.45) is 5.75. The maximum atomic E-state index is 14.1. The normalized spacial score (nSPS) is 16.9. The van der Waals surface area contributed by atoms with Crippen molar-refractivity contribution in [1.29, 1.82) is 0 Å². The Labute approximate surface area is 124 Å². The molecule has 0 aliphatic heterocycles. The molecular formula is C16H23F2NS. The minimum absolute atomic E-state index is 0.199. The highest BCUT2D eigenvalue weighted by Gasteiger charge is 2.19. The van der Waals surface area contributed by atoms with E-state index in [0.717, 1.165) is 12.8 Å². The summed E-state index contributed by atoms with van der Waals surface area (Å²) in [7, 11) is 0. The Morgan fingerprint density at radius 2 is 1.75 bits per heavy atom. The van der Waals surface area contributed by atoms with Crippen molar-refractivity contribution < 1.29 is 8.78 Å². The summed E-state index contributed by atoms with van der Waals surface area (Å²) in [5.41, 5.74) is 0.668. The van der Waals surface area contributed by atoms with E-state index in [9.17, 15) is 8.78 Å².